The number of carboxylic acid groups (broad SMARTS) is 1. The molecule has 0 fully saturated rings. The summed E-state index contributed by atoms with van der Waals surface area (Å²) in [4.78, 5) is 35.5. The summed E-state index contributed by atoms with van der Waals surface area (Å²) in [5, 5.41) is 24.1. The lowest BCUT2D eigenvalue weighted by Gasteiger charge is -2.17. The number of carbonyl (C=O) groups is 3. The first-order chi connectivity index (χ1) is 13.7. The van der Waals surface area contributed by atoms with Gasteiger partial charge in [0.15, 0.2) is 0 Å². The molecule has 1 aromatic rings. The molecule has 0 saturated heterocycles. The van der Waals surface area contributed by atoms with Crippen LogP contribution in [0.4, 0.5) is 0 Å². The third-order valence-electron chi connectivity index (χ3n) is 4.70. The highest BCUT2D eigenvalue weighted by molar-refractivity contribution is 5.83. The van der Waals surface area contributed by atoms with E-state index in [4.69, 9.17) is 5.73 Å². The minimum absolute atomic E-state index is 0.000109. The van der Waals surface area contributed by atoms with Crippen molar-refractivity contribution in [3.8, 4) is 5.75 Å². The Bertz CT molecular complexity index is 663. The molecule has 0 aliphatic rings. The number of phenols is 1. The van der Waals surface area contributed by atoms with Crippen LogP contribution >= 0.6 is 0 Å². The van der Waals surface area contributed by atoms with E-state index >= 15 is 0 Å². The maximum atomic E-state index is 12.2. The second-order valence-corrected chi connectivity index (χ2v) is 7.66. The van der Waals surface area contributed by atoms with Gasteiger partial charge in [0.2, 0.25) is 11.8 Å². The molecule has 0 spiro atoms. The number of carbonyl (C=O) groups excluding carboxylic acids is 2. The molecule has 0 saturated carbocycles. The lowest BCUT2D eigenvalue weighted by atomic mass is 10.0. The predicted octanol–water partition coefficient (Wildman–Crippen LogP) is 1.41. The number of benzene rings is 1. The molecule has 162 valence electrons. The summed E-state index contributed by atoms with van der Waals surface area (Å²) >= 11 is 0. The van der Waals surface area contributed by atoms with Gasteiger partial charge in [-0.25, -0.2) is 4.79 Å². The lowest BCUT2D eigenvalue weighted by Crippen LogP contribution is -2.42. The molecule has 8 heteroatoms. The second kappa shape index (κ2) is 12.8. The fourth-order valence-corrected chi connectivity index (χ4v) is 2.97. The molecule has 0 bridgehead atoms. The maximum absolute atomic E-state index is 12.2. The van der Waals surface area contributed by atoms with Crippen molar-refractivity contribution in [3.05, 3.63) is 29.8 Å². The number of rotatable bonds is 13. The van der Waals surface area contributed by atoms with Crippen LogP contribution < -0.4 is 16.4 Å². The van der Waals surface area contributed by atoms with Crippen LogP contribution in [0.25, 0.3) is 0 Å². The van der Waals surface area contributed by atoms with Gasteiger partial charge < -0.3 is 26.6 Å². The van der Waals surface area contributed by atoms with E-state index in [-0.39, 0.29) is 42.2 Å². The van der Waals surface area contributed by atoms with Gasteiger partial charge in [0.05, 0.1) is 0 Å². The Balaban J connectivity index is 2.37. The van der Waals surface area contributed by atoms with Gasteiger partial charge >= 0.3 is 5.97 Å². The highest BCUT2D eigenvalue weighted by atomic mass is 16.4. The Hall–Kier alpha value is -2.61. The number of amides is 2. The van der Waals surface area contributed by atoms with Gasteiger partial charge in [-0.1, -0.05) is 26.0 Å². The molecule has 0 heterocycles. The Kier molecular flexibility index (Phi) is 10.8. The Morgan fingerprint density at radius 2 is 1.59 bits per heavy atom. The van der Waals surface area contributed by atoms with E-state index in [0.717, 1.165) is 6.42 Å². The molecule has 0 radical (unpaired) electrons. The quantitative estimate of drug-likeness (QED) is 0.335. The minimum Gasteiger partial charge on any atom is -0.508 e. The fraction of sp³-hybridized carbons (Fsp3) is 0.571. The summed E-state index contributed by atoms with van der Waals surface area (Å²) < 4.78 is 0. The fourth-order valence-electron chi connectivity index (χ4n) is 2.97. The van der Waals surface area contributed by atoms with Crippen LogP contribution in [0, 0.1) is 11.8 Å². The third kappa shape index (κ3) is 10.5. The van der Waals surface area contributed by atoms with Gasteiger partial charge in [-0.2, -0.15) is 0 Å². The molecule has 0 aliphatic heterocycles. The molecular formula is C21H33N3O5. The van der Waals surface area contributed by atoms with Gasteiger partial charge in [0.25, 0.3) is 0 Å². The zero-order valence-electron chi connectivity index (χ0n) is 17.2. The SMILES string of the molecule is CC(CCN)CC(=O)NCCC(C)CC(=O)NC(Cc1ccc(O)cc1)C(=O)O. The molecule has 8 nitrogen and oxygen atoms in total. The van der Waals surface area contributed by atoms with Crippen LogP contribution in [0.3, 0.4) is 0 Å². The van der Waals surface area contributed by atoms with E-state index in [2.05, 4.69) is 10.6 Å². The molecule has 1 rings (SSSR count). The zero-order valence-corrected chi connectivity index (χ0v) is 17.2. The van der Waals surface area contributed by atoms with Gasteiger partial charge in [-0.05, 0) is 48.9 Å². The number of carboxylic acids is 1. The standard InChI is InChI=1S/C21H33N3O5/c1-14(7-9-22)11-19(26)23-10-8-15(2)12-20(27)24-18(21(28)29)13-16-3-5-17(25)6-4-16/h3-6,14-15,18,25H,7-13,22H2,1-2H3,(H,23,26)(H,24,27)(H,28,29). The first-order valence-electron chi connectivity index (χ1n) is 9.98. The Morgan fingerprint density at radius 3 is 2.17 bits per heavy atom. The highest BCUT2D eigenvalue weighted by Crippen LogP contribution is 2.12. The van der Waals surface area contributed by atoms with Crippen LogP contribution in [0.2, 0.25) is 0 Å². The average Bonchev–Trinajstić information content (AvgIpc) is 2.62. The van der Waals surface area contributed by atoms with E-state index in [1.807, 2.05) is 13.8 Å². The number of nitrogens with one attached hydrogen (secondary N) is 2. The van der Waals surface area contributed by atoms with E-state index in [9.17, 15) is 24.6 Å². The van der Waals surface area contributed by atoms with Crippen LogP contribution in [0.5, 0.6) is 5.75 Å². The van der Waals surface area contributed by atoms with Crippen molar-refractivity contribution >= 4 is 17.8 Å². The van der Waals surface area contributed by atoms with Gasteiger partial charge in [0.1, 0.15) is 11.8 Å². The summed E-state index contributed by atoms with van der Waals surface area (Å²) in [5.74, 6) is -1.14. The second-order valence-electron chi connectivity index (χ2n) is 7.66. The maximum Gasteiger partial charge on any atom is 0.326 e. The van der Waals surface area contributed by atoms with Gasteiger partial charge in [0, 0.05) is 25.8 Å². The molecule has 2 amide bonds. The van der Waals surface area contributed by atoms with E-state index in [0.29, 0.717) is 31.5 Å². The first-order valence-corrected chi connectivity index (χ1v) is 9.98. The summed E-state index contributed by atoms with van der Waals surface area (Å²) in [6.07, 6.45) is 2.17. The molecular weight excluding hydrogens is 374 g/mol. The average molecular weight is 408 g/mol. The van der Waals surface area contributed by atoms with E-state index in [1.54, 1.807) is 12.1 Å². The smallest absolute Gasteiger partial charge is 0.326 e. The van der Waals surface area contributed by atoms with Crippen molar-refractivity contribution in [3.63, 3.8) is 0 Å². The molecule has 1 aromatic carbocycles. The zero-order chi connectivity index (χ0) is 21.8. The number of hydrogen-bond acceptors (Lipinski definition) is 5. The number of hydrogen-bond donors (Lipinski definition) is 5. The normalized spacial score (nSPS) is 13.9. The van der Waals surface area contributed by atoms with Gasteiger partial charge in [-0.15, -0.1) is 0 Å². The van der Waals surface area contributed by atoms with Gasteiger partial charge in [-0.3, -0.25) is 9.59 Å². The molecule has 3 unspecified atom stereocenters. The monoisotopic (exact) mass is 407 g/mol. The first kappa shape index (κ1) is 24.4. The van der Waals surface area contributed by atoms with Crippen molar-refractivity contribution < 1.29 is 24.6 Å². The van der Waals surface area contributed by atoms with Crippen molar-refractivity contribution in [2.75, 3.05) is 13.1 Å². The molecule has 0 aromatic heterocycles. The van der Waals surface area contributed by atoms with Crippen molar-refractivity contribution in [1.29, 1.82) is 0 Å². The van der Waals surface area contributed by atoms with Crippen molar-refractivity contribution in [1.82, 2.24) is 10.6 Å². The summed E-state index contributed by atoms with van der Waals surface area (Å²) in [6, 6.07) is 5.16. The number of aliphatic carboxylic acids is 1. The Labute approximate surface area is 171 Å². The molecule has 29 heavy (non-hydrogen) atoms. The molecule has 6 N–H and O–H groups in total. The number of phenolic OH excluding ortho intramolecular Hbond substituents is 1. The molecule has 0 aliphatic carbocycles. The van der Waals surface area contributed by atoms with Crippen LogP contribution in [0.1, 0.15) is 45.1 Å². The minimum atomic E-state index is -1.11. The summed E-state index contributed by atoms with van der Waals surface area (Å²) in [7, 11) is 0. The van der Waals surface area contributed by atoms with Crippen LogP contribution in [-0.2, 0) is 20.8 Å². The number of aromatic hydroxyl groups is 1. The topological polar surface area (TPSA) is 142 Å². The predicted molar refractivity (Wildman–Crippen MR) is 110 cm³/mol. The summed E-state index contributed by atoms with van der Waals surface area (Å²) in [6.45, 7) is 4.90. The number of nitrogens with two attached hydrogens (primary N) is 1. The molecule has 3 atom stereocenters. The van der Waals surface area contributed by atoms with Crippen LogP contribution in [0.15, 0.2) is 24.3 Å². The lowest BCUT2D eigenvalue weighted by molar-refractivity contribution is -0.141. The summed E-state index contributed by atoms with van der Waals surface area (Å²) in [5.41, 5.74) is 6.18. The van der Waals surface area contributed by atoms with Crippen LogP contribution in [-0.4, -0.2) is 47.1 Å². The highest BCUT2D eigenvalue weighted by Gasteiger charge is 2.21. The Morgan fingerprint density at radius 1 is 1.00 bits per heavy atom. The van der Waals surface area contributed by atoms with Crippen molar-refractivity contribution in [2.24, 2.45) is 17.6 Å². The third-order valence-corrected chi connectivity index (χ3v) is 4.70. The largest absolute Gasteiger partial charge is 0.508 e. The van der Waals surface area contributed by atoms with E-state index in [1.165, 1.54) is 12.1 Å². The van der Waals surface area contributed by atoms with Crippen molar-refractivity contribution in [2.45, 2.75) is 52.0 Å². The van der Waals surface area contributed by atoms with E-state index < -0.39 is 12.0 Å².